The van der Waals surface area contributed by atoms with Gasteiger partial charge in [0.25, 0.3) is 0 Å². The molecule has 0 spiro atoms. The normalized spacial score (nSPS) is 12.8. The Kier molecular flexibility index (Phi) is 6.47. The average molecular weight is 320 g/mol. The molecule has 0 saturated heterocycles. The Bertz CT molecular complexity index is 591. The maximum Gasteiger partial charge on any atom is 0.0737 e. The molecule has 0 aliphatic carbocycles. The Balaban J connectivity index is 1.99. The number of rotatable bonds is 8. The van der Waals surface area contributed by atoms with Gasteiger partial charge in [0.05, 0.1) is 10.5 Å². The average Bonchev–Trinajstić information content (AvgIpc) is 2.52. The molecule has 0 aliphatic heterocycles. The van der Waals surface area contributed by atoms with Crippen molar-refractivity contribution in [1.82, 2.24) is 9.88 Å². The van der Waals surface area contributed by atoms with Crippen molar-refractivity contribution in [2.24, 2.45) is 0 Å². The van der Waals surface area contributed by atoms with Gasteiger partial charge in [0.2, 0.25) is 0 Å². The molecule has 1 aromatic carbocycles. The summed E-state index contributed by atoms with van der Waals surface area (Å²) in [6.07, 6.45) is 4.18. The zero-order valence-corrected chi connectivity index (χ0v) is 14.5. The standard InChI is InChI=1S/C18H26ClN3/c1-4-22(5-2)13-7-8-14(3)21-17-11-12-20-16-10-6-9-15(19)18(16)17/h6,9-12,14H,4-5,7-8,13H2,1-3H3,(H,20,21)/t14-/m1/s1. The van der Waals surface area contributed by atoms with E-state index in [9.17, 15) is 0 Å². The molecule has 2 rings (SSSR count). The van der Waals surface area contributed by atoms with E-state index < -0.39 is 0 Å². The van der Waals surface area contributed by atoms with Gasteiger partial charge in [-0.3, -0.25) is 4.98 Å². The van der Waals surface area contributed by atoms with Crippen molar-refractivity contribution in [1.29, 1.82) is 0 Å². The Morgan fingerprint density at radius 2 is 2.00 bits per heavy atom. The third kappa shape index (κ3) is 4.34. The molecule has 1 heterocycles. The highest BCUT2D eigenvalue weighted by Crippen LogP contribution is 2.29. The molecule has 4 heteroatoms. The molecule has 1 atom stereocenters. The Hall–Kier alpha value is -1.32. The summed E-state index contributed by atoms with van der Waals surface area (Å²) >= 11 is 6.34. The molecule has 22 heavy (non-hydrogen) atoms. The highest BCUT2D eigenvalue weighted by atomic mass is 35.5. The highest BCUT2D eigenvalue weighted by Gasteiger charge is 2.09. The molecule has 0 amide bonds. The summed E-state index contributed by atoms with van der Waals surface area (Å²) in [5.41, 5.74) is 2.01. The molecule has 1 aromatic heterocycles. The van der Waals surface area contributed by atoms with Gasteiger partial charge >= 0.3 is 0 Å². The van der Waals surface area contributed by atoms with Gasteiger partial charge < -0.3 is 10.2 Å². The molecule has 0 aliphatic rings. The van der Waals surface area contributed by atoms with Crippen LogP contribution in [-0.2, 0) is 0 Å². The smallest absolute Gasteiger partial charge is 0.0737 e. The largest absolute Gasteiger partial charge is 0.382 e. The second kappa shape index (κ2) is 8.35. The van der Waals surface area contributed by atoms with E-state index in [1.165, 1.54) is 6.42 Å². The summed E-state index contributed by atoms with van der Waals surface area (Å²) in [6, 6.07) is 8.28. The summed E-state index contributed by atoms with van der Waals surface area (Å²) in [7, 11) is 0. The number of aromatic nitrogens is 1. The van der Waals surface area contributed by atoms with Gasteiger partial charge in [-0.25, -0.2) is 0 Å². The van der Waals surface area contributed by atoms with Crippen molar-refractivity contribution >= 4 is 28.2 Å². The monoisotopic (exact) mass is 319 g/mol. The number of anilines is 1. The summed E-state index contributed by atoms with van der Waals surface area (Å²) in [5, 5.41) is 5.36. The molecule has 0 unspecified atom stereocenters. The zero-order chi connectivity index (χ0) is 15.9. The number of halogens is 1. The Morgan fingerprint density at radius 1 is 1.23 bits per heavy atom. The maximum atomic E-state index is 6.34. The van der Waals surface area contributed by atoms with Crippen molar-refractivity contribution in [3.05, 3.63) is 35.5 Å². The molecule has 120 valence electrons. The minimum absolute atomic E-state index is 0.414. The first kappa shape index (κ1) is 17.0. The lowest BCUT2D eigenvalue weighted by molar-refractivity contribution is 0.295. The fraction of sp³-hybridized carbons (Fsp3) is 0.500. The number of benzene rings is 1. The first-order chi connectivity index (χ1) is 10.7. The molecule has 0 bridgehead atoms. The van der Waals surface area contributed by atoms with Gasteiger partial charge in [0.15, 0.2) is 0 Å². The van der Waals surface area contributed by atoms with Crippen LogP contribution in [0, 0.1) is 0 Å². The van der Waals surface area contributed by atoms with Gasteiger partial charge in [0, 0.05) is 23.3 Å². The van der Waals surface area contributed by atoms with Crippen molar-refractivity contribution in [2.75, 3.05) is 25.0 Å². The lowest BCUT2D eigenvalue weighted by Gasteiger charge is -2.21. The molecular formula is C18H26ClN3. The zero-order valence-electron chi connectivity index (χ0n) is 13.8. The van der Waals surface area contributed by atoms with Crippen LogP contribution in [0.3, 0.4) is 0 Å². The van der Waals surface area contributed by atoms with Crippen LogP contribution in [0.5, 0.6) is 0 Å². The maximum absolute atomic E-state index is 6.34. The number of nitrogens with zero attached hydrogens (tertiary/aromatic N) is 2. The first-order valence-electron chi connectivity index (χ1n) is 8.17. The van der Waals surface area contributed by atoms with Crippen LogP contribution < -0.4 is 5.32 Å². The highest BCUT2D eigenvalue weighted by molar-refractivity contribution is 6.36. The minimum Gasteiger partial charge on any atom is -0.382 e. The van der Waals surface area contributed by atoms with Gasteiger partial charge in [-0.2, -0.15) is 0 Å². The van der Waals surface area contributed by atoms with Gasteiger partial charge in [-0.05, 0) is 57.6 Å². The van der Waals surface area contributed by atoms with Crippen molar-refractivity contribution in [2.45, 2.75) is 39.7 Å². The number of pyridine rings is 1. The van der Waals surface area contributed by atoms with E-state index in [4.69, 9.17) is 11.6 Å². The molecule has 0 fully saturated rings. The molecule has 2 aromatic rings. The van der Waals surface area contributed by atoms with E-state index in [2.05, 4.69) is 36.0 Å². The molecule has 0 radical (unpaired) electrons. The minimum atomic E-state index is 0.414. The number of nitrogens with one attached hydrogen (secondary N) is 1. The van der Waals surface area contributed by atoms with E-state index >= 15 is 0 Å². The fourth-order valence-electron chi connectivity index (χ4n) is 2.78. The van der Waals surface area contributed by atoms with Crippen LogP contribution in [0.1, 0.15) is 33.6 Å². The van der Waals surface area contributed by atoms with Gasteiger partial charge in [0.1, 0.15) is 0 Å². The van der Waals surface area contributed by atoms with E-state index in [1.54, 1.807) is 0 Å². The lowest BCUT2D eigenvalue weighted by Crippen LogP contribution is -2.25. The summed E-state index contributed by atoms with van der Waals surface area (Å²) in [5.74, 6) is 0. The van der Waals surface area contributed by atoms with Crippen LogP contribution in [0.2, 0.25) is 5.02 Å². The van der Waals surface area contributed by atoms with Crippen LogP contribution in [0.15, 0.2) is 30.5 Å². The predicted octanol–water partition coefficient (Wildman–Crippen LogP) is 4.81. The second-order valence-electron chi connectivity index (χ2n) is 5.71. The summed E-state index contributed by atoms with van der Waals surface area (Å²) in [4.78, 5) is 6.85. The molecular weight excluding hydrogens is 294 g/mol. The third-order valence-corrected chi connectivity index (χ3v) is 4.44. The van der Waals surface area contributed by atoms with Crippen molar-refractivity contribution in [3.8, 4) is 0 Å². The SMILES string of the molecule is CCN(CC)CCC[C@@H](C)Nc1ccnc2cccc(Cl)c12. The van der Waals surface area contributed by atoms with Gasteiger partial charge in [-0.15, -0.1) is 0 Å². The van der Waals surface area contributed by atoms with Crippen LogP contribution in [0.25, 0.3) is 10.9 Å². The van der Waals surface area contributed by atoms with Crippen LogP contribution in [-0.4, -0.2) is 35.6 Å². The van der Waals surface area contributed by atoms with E-state index in [1.807, 2.05) is 30.5 Å². The summed E-state index contributed by atoms with van der Waals surface area (Å²) < 4.78 is 0. The molecule has 3 nitrogen and oxygen atoms in total. The Morgan fingerprint density at radius 3 is 2.73 bits per heavy atom. The summed E-state index contributed by atoms with van der Waals surface area (Å²) in [6.45, 7) is 10.1. The Labute approximate surface area is 138 Å². The fourth-order valence-corrected chi connectivity index (χ4v) is 3.05. The molecule has 1 N–H and O–H groups in total. The van der Waals surface area contributed by atoms with Crippen molar-refractivity contribution in [3.63, 3.8) is 0 Å². The number of hydrogen-bond acceptors (Lipinski definition) is 3. The number of hydrogen-bond donors (Lipinski definition) is 1. The molecule has 0 saturated carbocycles. The number of fused-ring (bicyclic) bond motifs is 1. The first-order valence-corrected chi connectivity index (χ1v) is 8.55. The van der Waals surface area contributed by atoms with Gasteiger partial charge in [-0.1, -0.05) is 31.5 Å². The topological polar surface area (TPSA) is 28.2 Å². The third-order valence-electron chi connectivity index (χ3n) is 4.12. The predicted molar refractivity (Wildman–Crippen MR) is 96.9 cm³/mol. The van der Waals surface area contributed by atoms with E-state index in [0.717, 1.165) is 47.7 Å². The second-order valence-corrected chi connectivity index (χ2v) is 6.11. The van der Waals surface area contributed by atoms with Crippen molar-refractivity contribution < 1.29 is 0 Å². The van der Waals surface area contributed by atoms with Crippen LogP contribution in [0.4, 0.5) is 5.69 Å². The van der Waals surface area contributed by atoms with E-state index in [-0.39, 0.29) is 0 Å². The lowest BCUT2D eigenvalue weighted by atomic mass is 10.1. The quantitative estimate of drug-likeness (QED) is 0.756. The van der Waals surface area contributed by atoms with E-state index in [0.29, 0.717) is 6.04 Å². The van der Waals surface area contributed by atoms with Crippen LogP contribution >= 0.6 is 11.6 Å².